The lowest BCUT2D eigenvalue weighted by Crippen LogP contribution is -2.35. The summed E-state index contributed by atoms with van der Waals surface area (Å²) in [4.78, 5) is 25.2. The zero-order valence-electron chi connectivity index (χ0n) is 12.3. The normalized spacial score (nSPS) is 18.1. The number of nitrogens with zero attached hydrogens (tertiary/aromatic N) is 3. The van der Waals surface area contributed by atoms with E-state index in [0.29, 0.717) is 13.0 Å². The summed E-state index contributed by atoms with van der Waals surface area (Å²) in [5.41, 5.74) is 2.67. The van der Waals surface area contributed by atoms with Crippen LogP contribution in [-0.4, -0.2) is 43.6 Å². The van der Waals surface area contributed by atoms with Crippen molar-refractivity contribution in [1.82, 2.24) is 19.9 Å². The number of nitrogens with one attached hydrogen (secondary N) is 1. The highest BCUT2D eigenvalue weighted by atomic mass is 79.9. The van der Waals surface area contributed by atoms with Gasteiger partial charge in [-0.2, -0.15) is 0 Å². The molecule has 1 aromatic carbocycles. The van der Waals surface area contributed by atoms with Crippen molar-refractivity contribution in [2.24, 2.45) is 0 Å². The molecule has 23 heavy (non-hydrogen) atoms. The first-order valence-corrected chi connectivity index (χ1v) is 8.33. The number of amides is 1. The van der Waals surface area contributed by atoms with Crippen molar-refractivity contribution >= 4 is 44.0 Å². The number of hydrogen-bond acceptors (Lipinski definition) is 3. The Morgan fingerprint density at radius 2 is 2.30 bits per heavy atom. The van der Waals surface area contributed by atoms with Gasteiger partial charge in [0.2, 0.25) is 0 Å². The number of carbonyl (C=O) groups is 1. The second kappa shape index (κ2) is 5.49. The number of imidazole rings is 1. The van der Waals surface area contributed by atoms with E-state index in [1.807, 2.05) is 18.2 Å². The molecule has 3 heterocycles. The van der Waals surface area contributed by atoms with Crippen LogP contribution in [-0.2, 0) is 6.42 Å². The number of benzene rings is 1. The van der Waals surface area contributed by atoms with E-state index in [-0.39, 0.29) is 6.04 Å². The number of rotatable bonds is 2. The molecule has 1 aliphatic rings. The van der Waals surface area contributed by atoms with E-state index in [9.17, 15) is 9.90 Å². The van der Waals surface area contributed by atoms with Gasteiger partial charge >= 0.3 is 6.09 Å². The molecule has 1 unspecified atom stereocenters. The number of H-pyrrole nitrogens is 1. The molecule has 2 aromatic heterocycles. The molecule has 1 atom stereocenters. The fourth-order valence-electron chi connectivity index (χ4n) is 3.31. The summed E-state index contributed by atoms with van der Waals surface area (Å²) in [6, 6.07) is 5.96. The zero-order chi connectivity index (χ0) is 16.0. The van der Waals surface area contributed by atoms with Gasteiger partial charge in [-0.05, 0) is 31.0 Å². The van der Waals surface area contributed by atoms with Crippen LogP contribution in [0.15, 0.2) is 28.9 Å². The van der Waals surface area contributed by atoms with Crippen LogP contribution >= 0.6 is 15.9 Å². The van der Waals surface area contributed by atoms with Crippen molar-refractivity contribution in [3.05, 3.63) is 34.7 Å². The molecular weight excluding hydrogens is 360 g/mol. The van der Waals surface area contributed by atoms with Crippen molar-refractivity contribution in [2.75, 3.05) is 6.54 Å². The molecular formula is C16H15BrN4O2. The molecule has 118 valence electrons. The van der Waals surface area contributed by atoms with Crippen LogP contribution < -0.4 is 0 Å². The first kappa shape index (κ1) is 14.4. The van der Waals surface area contributed by atoms with Crippen molar-refractivity contribution in [1.29, 1.82) is 0 Å². The Kier molecular flexibility index (Phi) is 3.45. The number of aromatic amines is 1. The molecule has 3 aromatic rings. The highest BCUT2D eigenvalue weighted by Crippen LogP contribution is 2.26. The van der Waals surface area contributed by atoms with Gasteiger partial charge in [0.15, 0.2) is 0 Å². The molecule has 2 N–H and O–H groups in total. The molecule has 0 saturated carbocycles. The third kappa shape index (κ3) is 2.55. The van der Waals surface area contributed by atoms with E-state index in [2.05, 4.69) is 30.9 Å². The predicted molar refractivity (Wildman–Crippen MR) is 90.6 cm³/mol. The number of carboxylic acid groups (broad SMARTS) is 1. The van der Waals surface area contributed by atoms with Crippen LogP contribution in [0.5, 0.6) is 0 Å². The average molecular weight is 375 g/mol. The molecule has 0 radical (unpaired) electrons. The lowest BCUT2D eigenvalue weighted by molar-refractivity contribution is 0.140. The second-order valence-electron chi connectivity index (χ2n) is 5.84. The Labute approximate surface area is 140 Å². The lowest BCUT2D eigenvalue weighted by atomic mass is 10.1. The maximum atomic E-state index is 11.3. The van der Waals surface area contributed by atoms with Gasteiger partial charge in [0.05, 0.1) is 17.2 Å². The standard InChI is InChI=1S/C16H15BrN4O2/c17-9-3-4-11-12(6-9)18-8-13-15(11)20-14(19-13)7-10-2-1-5-21(10)16(22)23/h3-4,6,8,10H,1-2,5,7H2,(H,19,20)(H,22,23). The van der Waals surface area contributed by atoms with Crippen molar-refractivity contribution in [2.45, 2.75) is 25.3 Å². The summed E-state index contributed by atoms with van der Waals surface area (Å²) in [6.45, 7) is 0.610. The van der Waals surface area contributed by atoms with Crippen LogP contribution in [0.3, 0.4) is 0 Å². The molecule has 1 fully saturated rings. The SMILES string of the molecule is O=C(O)N1CCCC1Cc1nc2cnc3cc(Br)ccc3c2[nH]1. The minimum Gasteiger partial charge on any atom is -0.465 e. The summed E-state index contributed by atoms with van der Waals surface area (Å²) in [7, 11) is 0. The van der Waals surface area contributed by atoms with E-state index >= 15 is 0 Å². The molecule has 1 amide bonds. The number of likely N-dealkylation sites (tertiary alicyclic amines) is 1. The Hall–Kier alpha value is -2.15. The summed E-state index contributed by atoms with van der Waals surface area (Å²) in [5.74, 6) is 0.815. The van der Waals surface area contributed by atoms with E-state index in [4.69, 9.17) is 0 Å². The van der Waals surface area contributed by atoms with Gasteiger partial charge in [-0.25, -0.2) is 9.78 Å². The Bertz CT molecular complexity index is 908. The third-order valence-corrected chi connectivity index (χ3v) is 4.88. The van der Waals surface area contributed by atoms with Gasteiger partial charge in [0.1, 0.15) is 11.3 Å². The molecule has 7 heteroatoms. The fraction of sp³-hybridized carbons (Fsp3) is 0.312. The van der Waals surface area contributed by atoms with E-state index < -0.39 is 6.09 Å². The van der Waals surface area contributed by atoms with Gasteiger partial charge in [-0.3, -0.25) is 4.98 Å². The highest BCUT2D eigenvalue weighted by Gasteiger charge is 2.29. The maximum absolute atomic E-state index is 11.3. The molecule has 1 aliphatic heterocycles. The quantitative estimate of drug-likeness (QED) is 0.718. The minimum atomic E-state index is -0.847. The Balaban J connectivity index is 1.71. The van der Waals surface area contributed by atoms with Crippen molar-refractivity contribution < 1.29 is 9.90 Å². The number of hydrogen-bond donors (Lipinski definition) is 2. The van der Waals surface area contributed by atoms with Gasteiger partial charge in [0.25, 0.3) is 0 Å². The predicted octanol–water partition coefficient (Wildman–Crippen LogP) is 3.56. The van der Waals surface area contributed by atoms with Crippen LogP contribution in [0.25, 0.3) is 21.9 Å². The number of aromatic nitrogens is 3. The molecule has 0 bridgehead atoms. The molecule has 0 spiro atoms. The lowest BCUT2D eigenvalue weighted by Gasteiger charge is -2.20. The average Bonchev–Trinajstić information content (AvgIpc) is 3.13. The van der Waals surface area contributed by atoms with Gasteiger partial charge in [-0.15, -0.1) is 0 Å². The fourth-order valence-corrected chi connectivity index (χ4v) is 3.66. The second-order valence-corrected chi connectivity index (χ2v) is 6.76. The first-order valence-electron chi connectivity index (χ1n) is 7.54. The van der Waals surface area contributed by atoms with Gasteiger partial charge in [0, 0.05) is 28.9 Å². The summed E-state index contributed by atoms with van der Waals surface area (Å²) in [6.07, 6.45) is 3.32. The number of fused-ring (bicyclic) bond motifs is 3. The summed E-state index contributed by atoms with van der Waals surface area (Å²) in [5, 5.41) is 10.3. The van der Waals surface area contributed by atoms with Crippen LogP contribution in [0, 0.1) is 0 Å². The number of halogens is 1. The summed E-state index contributed by atoms with van der Waals surface area (Å²) < 4.78 is 0.986. The smallest absolute Gasteiger partial charge is 0.407 e. The first-order chi connectivity index (χ1) is 11.1. The van der Waals surface area contributed by atoms with Crippen LogP contribution in [0.4, 0.5) is 4.79 Å². The van der Waals surface area contributed by atoms with E-state index in [1.165, 1.54) is 4.90 Å². The Morgan fingerprint density at radius 3 is 3.13 bits per heavy atom. The molecule has 6 nitrogen and oxygen atoms in total. The Morgan fingerprint density at radius 1 is 1.43 bits per heavy atom. The molecule has 0 aliphatic carbocycles. The van der Waals surface area contributed by atoms with E-state index in [1.54, 1.807) is 6.20 Å². The maximum Gasteiger partial charge on any atom is 0.407 e. The van der Waals surface area contributed by atoms with Gasteiger partial charge < -0.3 is 15.0 Å². The van der Waals surface area contributed by atoms with Crippen molar-refractivity contribution in [3.63, 3.8) is 0 Å². The van der Waals surface area contributed by atoms with Crippen LogP contribution in [0.2, 0.25) is 0 Å². The molecule has 4 rings (SSSR count). The number of pyridine rings is 1. The molecule has 1 saturated heterocycles. The third-order valence-electron chi connectivity index (χ3n) is 4.39. The van der Waals surface area contributed by atoms with Crippen LogP contribution in [0.1, 0.15) is 18.7 Å². The monoisotopic (exact) mass is 374 g/mol. The highest BCUT2D eigenvalue weighted by molar-refractivity contribution is 9.10. The minimum absolute atomic E-state index is 0.00132. The largest absolute Gasteiger partial charge is 0.465 e. The zero-order valence-corrected chi connectivity index (χ0v) is 13.9. The topological polar surface area (TPSA) is 82.1 Å². The van der Waals surface area contributed by atoms with E-state index in [0.717, 1.165) is 45.1 Å². The van der Waals surface area contributed by atoms with Gasteiger partial charge in [-0.1, -0.05) is 15.9 Å². The van der Waals surface area contributed by atoms with Crippen molar-refractivity contribution in [3.8, 4) is 0 Å². The summed E-state index contributed by atoms with van der Waals surface area (Å²) >= 11 is 3.45.